The third-order valence-electron chi connectivity index (χ3n) is 1.70. The van der Waals surface area contributed by atoms with Crippen LogP contribution in [0.5, 0.6) is 5.75 Å². The molecule has 0 spiro atoms. The molecular weight excluding hydrogens is 243 g/mol. The van der Waals surface area contributed by atoms with Crippen LogP contribution in [-0.2, 0) is 6.18 Å². The van der Waals surface area contributed by atoms with Gasteiger partial charge in [0.15, 0.2) is 0 Å². The maximum Gasteiger partial charge on any atom is 0.416 e. The van der Waals surface area contributed by atoms with Crippen LogP contribution < -0.4 is 10.5 Å². The Hall–Kier alpha value is -1.10. The van der Waals surface area contributed by atoms with Crippen LogP contribution in [0.1, 0.15) is 19.4 Å². The molecule has 1 aromatic rings. The molecule has 0 aliphatic heterocycles. The fourth-order valence-corrected chi connectivity index (χ4v) is 1.09. The van der Waals surface area contributed by atoms with E-state index in [0.29, 0.717) is 0 Å². The minimum Gasteiger partial charge on any atom is -0.489 e. The van der Waals surface area contributed by atoms with Crippen LogP contribution in [0.25, 0.3) is 0 Å². The van der Waals surface area contributed by atoms with E-state index >= 15 is 0 Å². The maximum atomic E-state index is 12.3. The van der Waals surface area contributed by atoms with Crippen LogP contribution >= 0.6 is 12.4 Å². The number of alkyl halides is 3. The van der Waals surface area contributed by atoms with E-state index in [1.165, 1.54) is 6.07 Å². The number of benzene rings is 1. The summed E-state index contributed by atoms with van der Waals surface area (Å²) in [5.41, 5.74) is 4.67. The maximum absolute atomic E-state index is 12.3. The van der Waals surface area contributed by atoms with Gasteiger partial charge in [-0.2, -0.15) is 13.2 Å². The Bertz CT molecular complexity index is 352. The first-order valence-electron chi connectivity index (χ1n) is 4.44. The van der Waals surface area contributed by atoms with E-state index in [-0.39, 0.29) is 29.9 Å². The second kappa shape index (κ2) is 5.30. The molecule has 0 radical (unpaired) electrons. The molecule has 2 nitrogen and oxygen atoms in total. The Labute approximate surface area is 98.0 Å². The summed E-state index contributed by atoms with van der Waals surface area (Å²) in [6, 6.07) is 3.06. The molecule has 0 heterocycles. The van der Waals surface area contributed by atoms with Gasteiger partial charge in [-0.05, 0) is 32.0 Å². The number of anilines is 1. The summed E-state index contributed by atoms with van der Waals surface area (Å²) < 4.78 is 42.0. The summed E-state index contributed by atoms with van der Waals surface area (Å²) in [4.78, 5) is 0. The highest BCUT2D eigenvalue weighted by atomic mass is 35.5. The molecule has 0 amide bonds. The van der Waals surface area contributed by atoms with Crippen molar-refractivity contribution >= 4 is 18.1 Å². The molecule has 0 aliphatic rings. The van der Waals surface area contributed by atoms with Gasteiger partial charge < -0.3 is 10.5 Å². The zero-order chi connectivity index (χ0) is 11.6. The molecule has 1 rings (SSSR count). The zero-order valence-corrected chi connectivity index (χ0v) is 9.65. The Morgan fingerprint density at radius 3 is 2.19 bits per heavy atom. The quantitative estimate of drug-likeness (QED) is 0.821. The first-order chi connectivity index (χ1) is 6.80. The normalized spacial score (nSPS) is 11.1. The van der Waals surface area contributed by atoms with Crippen molar-refractivity contribution in [1.82, 2.24) is 0 Å². The van der Waals surface area contributed by atoms with E-state index in [4.69, 9.17) is 10.5 Å². The van der Waals surface area contributed by atoms with Gasteiger partial charge in [-0.25, -0.2) is 0 Å². The summed E-state index contributed by atoms with van der Waals surface area (Å²) >= 11 is 0. The highest BCUT2D eigenvalue weighted by Crippen LogP contribution is 2.33. The molecule has 0 aromatic heterocycles. The van der Waals surface area contributed by atoms with Crippen molar-refractivity contribution in [3.63, 3.8) is 0 Å². The Morgan fingerprint density at radius 2 is 1.81 bits per heavy atom. The lowest BCUT2D eigenvalue weighted by Crippen LogP contribution is -2.10. The molecule has 0 atom stereocenters. The van der Waals surface area contributed by atoms with Crippen molar-refractivity contribution in [2.75, 3.05) is 5.73 Å². The van der Waals surface area contributed by atoms with Crippen molar-refractivity contribution in [3.05, 3.63) is 23.8 Å². The van der Waals surface area contributed by atoms with Gasteiger partial charge in [-0.15, -0.1) is 12.4 Å². The number of halogens is 4. The molecule has 0 fully saturated rings. The lowest BCUT2D eigenvalue weighted by atomic mass is 10.2. The molecule has 6 heteroatoms. The van der Waals surface area contributed by atoms with Crippen LogP contribution in [0, 0.1) is 0 Å². The summed E-state index contributed by atoms with van der Waals surface area (Å²) in [6.45, 7) is 3.55. The summed E-state index contributed by atoms with van der Waals surface area (Å²) in [5, 5.41) is 0. The Morgan fingerprint density at radius 1 is 1.25 bits per heavy atom. The summed E-state index contributed by atoms with van der Waals surface area (Å²) in [5.74, 6) is 0.276. The molecule has 2 N–H and O–H groups in total. The first kappa shape index (κ1) is 14.9. The zero-order valence-electron chi connectivity index (χ0n) is 8.84. The number of ether oxygens (including phenoxy) is 1. The minimum absolute atomic E-state index is 0. The van der Waals surface area contributed by atoms with Gasteiger partial charge in [0.2, 0.25) is 0 Å². The Balaban J connectivity index is 0.00000225. The summed E-state index contributed by atoms with van der Waals surface area (Å²) in [7, 11) is 0. The lowest BCUT2D eigenvalue weighted by molar-refractivity contribution is -0.137. The van der Waals surface area contributed by atoms with E-state index in [9.17, 15) is 13.2 Å². The molecule has 0 saturated carbocycles. The van der Waals surface area contributed by atoms with Gasteiger partial charge in [0.25, 0.3) is 0 Å². The van der Waals surface area contributed by atoms with E-state index in [0.717, 1.165) is 12.1 Å². The number of nitrogens with two attached hydrogens (primary N) is 1. The van der Waals surface area contributed by atoms with Gasteiger partial charge in [0.1, 0.15) is 5.75 Å². The van der Waals surface area contributed by atoms with Crippen LogP contribution in [0.15, 0.2) is 18.2 Å². The van der Waals surface area contributed by atoms with Crippen LogP contribution in [0.4, 0.5) is 18.9 Å². The third-order valence-corrected chi connectivity index (χ3v) is 1.70. The standard InChI is InChI=1S/C10H12F3NO.ClH/c1-6(2)15-9-4-3-7(5-8(9)14)10(11,12)13;/h3-6H,14H2,1-2H3;1H. The lowest BCUT2D eigenvalue weighted by Gasteiger charge is -2.14. The topological polar surface area (TPSA) is 35.2 Å². The average molecular weight is 256 g/mol. The minimum atomic E-state index is -4.37. The monoisotopic (exact) mass is 255 g/mol. The van der Waals surface area contributed by atoms with Crippen molar-refractivity contribution in [3.8, 4) is 5.75 Å². The van der Waals surface area contributed by atoms with Crippen LogP contribution in [0.2, 0.25) is 0 Å². The van der Waals surface area contributed by atoms with Gasteiger partial charge in [-0.1, -0.05) is 0 Å². The number of hydrogen-bond acceptors (Lipinski definition) is 2. The first-order valence-corrected chi connectivity index (χ1v) is 4.44. The third kappa shape index (κ3) is 3.81. The van der Waals surface area contributed by atoms with Crippen molar-refractivity contribution in [1.29, 1.82) is 0 Å². The molecule has 0 unspecified atom stereocenters. The SMILES string of the molecule is CC(C)Oc1ccc(C(F)(F)F)cc1N.Cl. The molecule has 0 aliphatic carbocycles. The van der Waals surface area contributed by atoms with Crippen molar-refractivity contribution in [2.24, 2.45) is 0 Å². The van der Waals surface area contributed by atoms with Gasteiger partial charge in [0.05, 0.1) is 17.4 Å². The summed E-state index contributed by atoms with van der Waals surface area (Å²) in [6.07, 6.45) is -4.49. The van der Waals surface area contributed by atoms with Gasteiger partial charge >= 0.3 is 6.18 Å². The molecule has 1 aromatic carbocycles. The fraction of sp³-hybridized carbons (Fsp3) is 0.400. The van der Waals surface area contributed by atoms with E-state index in [1.54, 1.807) is 13.8 Å². The molecule has 0 saturated heterocycles. The molecule has 92 valence electrons. The highest BCUT2D eigenvalue weighted by Gasteiger charge is 2.30. The van der Waals surface area contributed by atoms with Crippen molar-refractivity contribution in [2.45, 2.75) is 26.1 Å². The fourth-order valence-electron chi connectivity index (χ4n) is 1.09. The highest BCUT2D eigenvalue weighted by molar-refractivity contribution is 5.85. The van der Waals surface area contributed by atoms with E-state index in [2.05, 4.69) is 0 Å². The Kier molecular flexibility index (Phi) is 4.93. The average Bonchev–Trinajstić information content (AvgIpc) is 2.05. The number of hydrogen-bond donors (Lipinski definition) is 1. The van der Waals surface area contributed by atoms with Crippen LogP contribution in [-0.4, -0.2) is 6.10 Å². The van der Waals surface area contributed by atoms with Crippen LogP contribution in [0.3, 0.4) is 0 Å². The predicted octanol–water partition coefficient (Wildman–Crippen LogP) is 3.50. The molecule has 0 bridgehead atoms. The van der Waals surface area contributed by atoms with Gasteiger partial charge in [-0.3, -0.25) is 0 Å². The van der Waals surface area contributed by atoms with Gasteiger partial charge in [0, 0.05) is 0 Å². The second-order valence-electron chi connectivity index (χ2n) is 3.42. The molecule has 16 heavy (non-hydrogen) atoms. The number of nitrogen functional groups attached to an aromatic ring is 1. The van der Waals surface area contributed by atoms with E-state index in [1.807, 2.05) is 0 Å². The van der Waals surface area contributed by atoms with E-state index < -0.39 is 11.7 Å². The largest absolute Gasteiger partial charge is 0.489 e. The van der Waals surface area contributed by atoms with Crippen molar-refractivity contribution < 1.29 is 17.9 Å². The number of rotatable bonds is 2. The molecular formula is C10H13ClF3NO. The smallest absolute Gasteiger partial charge is 0.416 e. The second-order valence-corrected chi connectivity index (χ2v) is 3.42. The predicted molar refractivity (Wildman–Crippen MR) is 58.9 cm³/mol.